The monoisotopic (exact) mass is 456 g/mol. The molecule has 1 saturated heterocycles. The normalized spacial score (nSPS) is 14.6. The molecule has 1 amide bonds. The van der Waals surface area contributed by atoms with Crippen molar-refractivity contribution in [3.8, 4) is 5.75 Å². The number of hydrogen-bond acceptors (Lipinski definition) is 3. The van der Waals surface area contributed by atoms with Crippen molar-refractivity contribution in [3.05, 3.63) is 84.1 Å². The fourth-order valence-corrected chi connectivity index (χ4v) is 5.12. The Morgan fingerprint density at radius 2 is 1.82 bits per heavy atom. The third-order valence-corrected chi connectivity index (χ3v) is 7.03. The highest BCUT2D eigenvalue weighted by atomic mass is 16.5. The second-order valence-corrected chi connectivity index (χ2v) is 9.19. The average Bonchev–Trinajstić information content (AvgIpc) is 3.47. The summed E-state index contributed by atoms with van der Waals surface area (Å²) in [6, 6.07) is 16.6. The van der Waals surface area contributed by atoms with Crippen LogP contribution in [0.4, 0.5) is 0 Å². The molecular weight excluding hydrogens is 424 g/mol. The van der Waals surface area contributed by atoms with E-state index in [4.69, 9.17) is 4.74 Å². The summed E-state index contributed by atoms with van der Waals surface area (Å²) < 4.78 is 9.72. The summed E-state index contributed by atoms with van der Waals surface area (Å²) in [6.07, 6.45) is 8.55. The van der Waals surface area contributed by atoms with Gasteiger partial charge in [0.05, 0.1) is 7.11 Å². The maximum atomic E-state index is 12.9. The molecule has 0 radical (unpaired) electrons. The molecule has 1 fully saturated rings. The first-order valence-corrected chi connectivity index (χ1v) is 12.1. The number of para-hydroxylation sites is 1. The fourth-order valence-electron chi connectivity index (χ4n) is 5.12. The second kappa shape index (κ2) is 9.75. The minimum atomic E-state index is 0.246. The standard InChI is InChI=1S/C28H32N4O2/c1-21-19-31(26-6-4-3-5-25(21)26)17-13-27(33)30-15-11-23(12-16-30)28-29-14-18-32(28)20-22-7-9-24(34-2)10-8-22/h3-10,14,18-19,23H,11-13,15-17,20H2,1-2H3. The minimum absolute atomic E-state index is 0.246. The van der Waals surface area contributed by atoms with Gasteiger partial charge in [0.25, 0.3) is 0 Å². The Hall–Kier alpha value is -3.54. The molecule has 2 aromatic carbocycles. The van der Waals surface area contributed by atoms with E-state index in [1.54, 1.807) is 7.11 Å². The van der Waals surface area contributed by atoms with E-state index in [1.807, 2.05) is 23.2 Å². The summed E-state index contributed by atoms with van der Waals surface area (Å²) in [5.74, 6) is 2.62. The Morgan fingerprint density at radius 3 is 2.59 bits per heavy atom. The summed E-state index contributed by atoms with van der Waals surface area (Å²) in [5.41, 5.74) is 3.68. The number of likely N-dealkylation sites (tertiary alicyclic amines) is 1. The molecule has 176 valence electrons. The predicted octanol–water partition coefficient (Wildman–Crippen LogP) is 5.00. The van der Waals surface area contributed by atoms with Crippen LogP contribution in [0.5, 0.6) is 5.75 Å². The highest BCUT2D eigenvalue weighted by molar-refractivity contribution is 5.84. The molecule has 0 spiro atoms. The molecule has 3 heterocycles. The molecule has 2 aromatic heterocycles. The molecular formula is C28H32N4O2. The Bertz CT molecular complexity index is 1260. The lowest BCUT2D eigenvalue weighted by Crippen LogP contribution is -2.38. The van der Waals surface area contributed by atoms with Gasteiger partial charge < -0.3 is 18.8 Å². The van der Waals surface area contributed by atoms with Crippen molar-refractivity contribution in [2.75, 3.05) is 20.2 Å². The number of hydrogen-bond donors (Lipinski definition) is 0. The molecule has 34 heavy (non-hydrogen) atoms. The van der Waals surface area contributed by atoms with Gasteiger partial charge in [-0.25, -0.2) is 4.98 Å². The van der Waals surface area contributed by atoms with Crippen molar-refractivity contribution in [3.63, 3.8) is 0 Å². The van der Waals surface area contributed by atoms with Crippen molar-refractivity contribution in [1.82, 2.24) is 19.0 Å². The Kier molecular flexibility index (Phi) is 6.39. The summed E-state index contributed by atoms with van der Waals surface area (Å²) in [7, 11) is 1.68. The van der Waals surface area contributed by atoms with Crippen molar-refractivity contribution >= 4 is 16.8 Å². The summed E-state index contributed by atoms with van der Waals surface area (Å²) in [5, 5.41) is 1.26. The first-order valence-electron chi connectivity index (χ1n) is 12.1. The van der Waals surface area contributed by atoms with E-state index >= 15 is 0 Å². The minimum Gasteiger partial charge on any atom is -0.497 e. The van der Waals surface area contributed by atoms with E-state index in [1.165, 1.54) is 22.0 Å². The summed E-state index contributed by atoms with van der Waals surface area (Å²) >= 11 is 0. The van der Waals surface area contributed by atoms with Crippen LogP contribution in [-0.2, 0) is 17.9 Å². The number of ether oxygens (including phenoxy) is 1. The molecule has 0 aliphatic carbocycles. The number of methoxy groups -OCH3 is 1. The van der Waals surface area contributed by atoms with Crippen molar-refractivity contribution < 1.29 is 9.53 Å². The van der Waals surface area contributed by atoms with Crippen molar-refractivity contribution in [2.45, 2.75) is 45.2 Å². The number of piperidine rings is 1. The van der Waals surface area contributed by atoms with E-state index in [2.05, 4.69) is 69.8 Å². The molecule has 0 atom stereocenters. The number of benzene rings is 2. The zero-order chi connectivity index (χ0) is 23.5. The van der Waals surface area contributed by atoms with Gasteiger partial charge in [-0.3, -0.25) is 4.79 Å². The summed E-state index contributed by atoms with van der Waals surface area (Å²) in [6.45, 7) is 5.24. The average molecular weight is 457 g/mol. The van der Waals surface area contributed by atoms with Gasteiger partial charge in [0.1, 0.15) is 11.6 Å². The van der Waals surface area contributed by atoms with Crippen LogP contribution in [0, 0.1) is 6.92 Å². The Labute approximate surface area is 200 Å². The maximum Gasteiger partial charge on any atom is 0.224 e. The highest BCUT2D eigenvalue weighted by Crippen LogP contribution is 2.28. The quantitative estimate of drug-likeness (QED) is 0.393. The van der Waals surface area contributed by atoms with Gasteiger partial charge in [0, 0.05) is 68.0 Å². The number of rotatable bonds is 7. The Morgan fingerprint density at radius 1 is 1.06 bits per heavy atom. The molecule has 4 aromatic rings. The lowest BCUT2D eigenvalue weighted by molar-refractivity contribution is -0.132. The second-order valence-electron chi connectivity index (χ2n) is 9.19. The van der Waals surface area contributed by atoms with Gasteiger partial charge in [-0.2, -0.15) is 0 Å². The number of carbonyl (C=O) groups is 1. The number of fused-ring (bicyclic) bond motifs is 1. The van der Waals surface area contributed by atoms with Crippen molar-refractivity contribution in [2.24, 2.45) is 0 Å². The molecule has 5 rings (SSSR count). The van der Waals surface area contributed by atoms with Crippen LogP contribution in [0.2, 0.25) is 0 Å². The van der Waals surface area contributed by atoms with Crippen LogP contribution in [0.25, 0.3) is 10.9 Å². The van der Waals surface area contributed by atoms with Crippen molar-refractivity contribution in [1.29, 1.82) is 0 Å². The molecule has 0 unspecified atom stereocenters. The number of imidazole rings is 1. The summed E-state index contributed by atoms with van der Waals surface area (Å²) in [4.78, 5) is 19.7. The van der Waals surface area contributed by atoms with Gasteiger partial charge in [-0.05, 0) is 49.1 Å². The van der Waals surface area contributed by atoms with E-state index in [0.717, 1.165) is 50.6 Å². The number of nitrogens with zero attached hydrogens (tertiary/aromatic N) is 4. The molecule has 1 aliphatic rings. The zero-order valence-electron chi connectivity index (χ0n) is 20.0. The van der Waals surface area contributed by atoms with E-state index in [-0.39, 0.29) is 5.91 Å². The third-order valence-electron chi connectivity index (χ3n) is 7.03. The van der Waals surface area contributed by atoms with Gasteiger partial charge >= 0.3 is 0 Å². The number of aromatic nitrogens is 3. The molecule has 6 heteroatoms. The lowest BCUT2D eigenvalue weighted by atomic mass is 9.95. The van der Waals surface area contributed by atoms with Crippen LogP contribution in [0.15, 0.2) is 67.1 Å². The molecule has 1 aliphatic heterocycles. The largest absolute Gasteiger partial charge is 0.497 e. The number of amides is 1. The first-order chi connectivity index (χ1) is 16.6. The third kappa shape index (κ3) is 4.58. The van der Waals surface area contributed by atoms with Crippen LogP contribution < -0.4 is 4.74 Å². The smallest absolute Gasteiger partial charge is 0.224 e. The van der Waals surface area contributed by atoms with Crippen LogP contribution in [0.1, 0.15) is 42.1 Å². The van der Waals surface area contributed by atoms with Crippen LogP contribution >= 0.6 is 0 Å². The zero-order valence-corrected chi connectivity index (χ0v) is 20.0. The molecule has 0 N–H and O–H groups in total. The Balaban J connectivity index is 1.16. The number of aryl methyl sites for hydroxylation is 2. The van der Waals surface area contributed by atoms with Crippen LogP contribution in [-0.4, -0.2) is 45.1 Å². The van der Waals surface area contributed by atoms with Gasteiger partial charge in [-0.15, -0.1) is 0 Å². The van der Waals surface area contributed by atoms with Gasteiger partial charge in [0.15, 0.2) is 0 Å². The molecule has 0 saturated carbocycles. The first kappa shape index (κ1) is 22.3. The maximum absolute atomic E-state index is 12.9. The fraction of sp³-hybridized carbons (Fsp3) is 0.357. The molecule has 6 nitrogen and oxygen atoms in total. The predicted molar refractivity (Wildman–Crippen MR) is 134 cm³/mol. The van der Waals surface area contributed by atoms with Gasteiger partial charge in [0.2, 0.25) is 5.91 Å². The molecule has 0 bridgehead atoms. The van der Waals surface area contributed by atoms with E-state index in [9.17, 15) is 4.79 Å². The van der Waals surface area contributed by atoms with Gasteiger partial charge in [-0.1, -0.05) is 30.3 Å². The number of carbonyl (C=O) groups excluding carboxylic acids is 1. The van der Waals surface area contributed by atoms with E-state index < -0.39 is 0 Å². The SMILES string of the molecule is COc1ccc(Cn2ccnc2C2CCN(C(=O)CCn3cc(C)c4ccccc43)CC2)cc1. The lowest BCUT2D eigenvalue weighted by Gasteiger charge is -2.32. The topological polar surface area (TPSA) is 52.3 Å². The van der Waals surface area contributed by atoms with E-state index in [0.29, 0.717) is 12.3 Å². The van der Waals surface area contributed by atoms with Crippen LogP contribution in [0.3, 0.4) is 0 Å². The highest BCUT2D eigenvalue weighted by Gasteiger charge is 2.26.